The molecule has 252 valence electrons. The number of carbonyl (C=O) groups excluding carboxylic acids is 3. The Bertz CT molecular complexity index is 1390. The fourth-order valence-electron chi connectivity index (χ4n) is 5.39. The Kier molecular flexibility index (Phi) is 16.8. The molecule has 3 amide bonds. The molecule has 4 N–H and O–H groups in total. The quantitative estimate of drug-likeness (QED) is 0.0813. The molecule has 8 nitrogen and oxygen atoms in total. The largest absolute Gasteiger partial charge is 0.478 e. The van der Waals surface area contributed by atoms with Crippen LogP contribution in [0.1, 0.15) is 141 Å². The second kappa shape index (κ2) is 21.4. The Morgan fingerprint density at radius 1 is 0.447 bits per heavy atom. The summed E-state index contributed by atoms with van der Waals surface area (Å²) in [5, 5.41) is 17.4. The van der Waals surface area contributed by atoms with Crippen LogP contribution in [0.25, 0.3) is 0 Å². The highest BCUT2D eigenvalue weighted by Gasteiger charge is 2.11. The van der Waals surface area contributed by atoms with Crippen LogP contribution in [0.4, 0.5) is 17.1 Å². The van der Waals surface area contributed by atoms with Crippen LogP contribution in [-0.4, -0.2) is 28.8 Å². The summed E-state index contributed by atoms with van der Waals surface area (Å²) < 4.78 is 0. The second-order valence-electron chi connectivity index (χ2n) is 12.2. The summed E-state index contributed by atoms with van der Waals surface area (Å²) >= 11 is 0. The molecule has 8 heteroatoms. The zero-order valence-electron chi connectivity index (χ0n) is 27.8. The van der Waals surface area contributed by atoms with Crippen molar-refractivity contribution >= 4 is 40.8 Å². The predicted molar refractivity (Wildman–Crippen MR) is 190 cm³/mol. The number of benzene rings is 3. The van der Waals surface area contributed by atoms with Gasteiger partial charge in [0.2, 0.25) is 5.91 Å². The van der Waals surface area contributed by atoms with Gasteiger partial charge in [0.25, 0.3) is 11.8 Å². The molecule has 0 atom stereocenters. The van der Waals surface area contributed by atoms with Crippen LogP contribution in [0, 0.1) is 0 Å². The molecule has 0 heterocycles. The van der Waals surface area contributed by atoms with Gasteiger partial charge in [-0.25, -0.2) is 4.79 Å². The topological polar surface area (TPSA) is 125 Å². The minimum absolute atomic E-state index is 0.0155. The zero-order chi connectivity index (χ0) is 33.7. The number of amides is 3. The van der Waals surface area contributed by atoms with E-state index >= 15 is 0 Å². The molecule has 0 bridgehead atoms. The van der Waals surface area contributed by atoms with Crippen LogP contribution in [-0.2, 0) is 4.79 Å². The van der Waals surface area contributed by atoms with Crippen LogP contribution in [0.2, 0.25) is 0 Å². The van der Waals surface area contributed by atoms with Gasteiger partial charge in [0.15, 0.2) is 0 Å². The summed E-state index contributed by atoms with van der Waals surface area (Å²) in [5.74, 6) is -1.72. The third-order valence-electron chi connectivity index (χ3n) is 8.23. The number of carboxylic acids is 1. The lowest BCUT2D eigenvalue weighted by molar-refractivity contribution is -0.116. The van der Waals surface area contributed by atoms with Crippen LogP contribution in [0.3, 0.4) is 0 Å². The maximum Gasteiger partial charge on any atom is 0.335 e. The van der Waals surface area contributed by atoms with Gasteiger partial charge in [-0.1, -0.05) is 96.8 Å². The lowest BCUT2D eigenvalue weighted by atomic mass is 10.0. The first-order valence-electron chi connectivity index (χ1n) is 17.3. The highest BCUT2D eigenvalue weighted by Crippen LogP contribution is 2.17. The predicted octanol–water partition coefficient (Wildman–Crippen LogP) is 10.1. The summed E-state index contributed by atoms with van der Waals surface area (Å²) in [6, 6.07) is 19.1. The molecular weight excluding hydrogens is 590 g/mol. The van der Waals surface area contributed by atoms with Crippen molar-refractivity contribution in [2.45, 2.75) is 110 Å². The van der Waals surface area contributed by atoms with Crippen LogP contribution >= 0.6 is 0 Å². The fourth-order valence-corrected chi connectivity index (χ4v) is 5.39. The molecule has 0 aliphatic carbocycles. The Morgan fingerprint density at radius 3 is 1.13 bits per heavy atom. The van der Waals surface area contributed by atoms with Gasteiger partial charge < -0.3 is 21.1 Å². The van der Waals surface area contributed by atoms with E-state index < -0.39 is 5.97 Å². The van der Waals surface area contributed by atoms with E-state index in [9.17, 15) is 19.2 Å². The van der Waals surface area contributed by atoms with Gasteiger partial charge in [-0.3, -0.25) is 14.4 Å². The first-order chi connectivity index (χ1) is 22.9. The van der Waals surface area contributed by atoms with E-state index in [4.69, 9.17) is 5.11 Å². The van der Waals surface area contributed by atoms with Crippen molar-refractivity contribution < 1.29 is 24.3 Å². The molecule has 47 heavy (non-hydrogen) atoms. The third kappa shape index (κ3) is 14.7. The summed E-state index contributed by atoms with van der Waals surface area (Å²) in [7, 11) is 0. The van der Waals surface area contributed by atoms with Crippen molar-refractivity contribution in [2.75, 3.05) is 16.0 Å². The maximum atomic E-state index is 12.7. The molecule has 0 saturated carbocycles. The Hall–Kier alpha value is -4.46. The van der Waals surface area contributed by atoms with Gasteiger partial charge in [-0.05, 0) is 79.2 Å². The van der Waals surface area contributed by atoms with Gasteiger partial charge in [-0.15, -0.1) is 0 Å². The highest BCUT2D eigenvalue weighted by molar-refractivity contribution is 6.06. The van der Waals surface area contributed by atoms with E-state index in [1.807, 2.05) is 0 Å². The first-order valence-corrected chi connectivity index (χ1v) is 17.3. The Morgan fingerprint density at radius 2 is 0.766 bits per heavy atom. The molecule has 0 aliphatic rings. The van der Waals surface area contributed by atoms with Crippen molar-refractivity contribution in [2.24, 2.45) is 0 Å². The number of carbonyl (C=O) groups is 4. The molecule has 0 spiro atoms. The monoisotopic (exact) mass is 641 g/mol. The normalized spacial score (nSPS) is 10.7. The standard InChI is InChI=1S/C39H51N3O5/c1-2-3-4-5-6-7-8-9-10-11-12-13-14-15-16-17-36(43)40-33-24-18-30(19-25-33)37(44)41-34-26-20-31(21-27-34)38(45)42-35-28-22-32(23-29-35)39(46)47/h18-29H,2-17H2,1H3,(H,40,43)(H,41,44)(H,42,45)(H,46,47). The van der Waals surface area contributed by atoms with E-state index in [1.54, 1.807) is 48.5 Å². The number of rotatable bonds is 22. The van der Waals surface area contributed by atoms with E-state index in [0.717, 1.165) is 12.8 Å². The third-order valence-corrected chi connectivity index (χ3v) is 8.23. The zero-order valence-corrected chi connectivity index (χ0v) is 27.8. The minimum Gasteiger partial charge on any atom is -0.478 e. The number of unbranched alkanes of at least 4 members (excludes halogenated alkanes) is 14. The van der Waals surface area contributed by atoms with Crippen LogP contribution in [0.15, 0.2) is 72.8 Å². The molecule has 0 aliphatic heterocycles. The lowest BCUT2D eigenvalue weighted by Crippen LogP contribution is -2.14. The molecule has 0 aromatic heterocycles. The van der Waals surface area contributed by atoms with Crippen molar-refractivity contribution in [1.82, 2.24) is 0 Å². The van der Waals surface area contributed by atoms with E-state index in [0.29, 0.717) is 34.6 Å². The number of carboxylic acid groups (broad SMARTS) is 1. The second-order valence-corrected chi connectivity index (χ2v) is 12.2. The summed E-state index contributed by atoms with van der Waals surface area (Å²) in [6.45, 7) is 2.26. The van der Waals surface area contributed by atoms with Crippen LogP contribution < -0.4 is 16.0 Å². The average Bonchev–Trinajstić information content (AvgIpc) is 3.07. The van der Waals surface area contributed by atoms with Gasteiger partial charge >= 0.3 is 5.97 Å². The molecular formula is C39H51N3O5. The van der Waals surface area contributed by atoms with Gasteiger partial charge in [0.1, 0.15) is 0 Å². The number of aromatic carboxylic acids is 1. The summed E-state index contributed by atoms with van der Waals surface area (Å²) in [4.78, 5) is 48.6. The smallest absolute Gasteiger partial charge is 0.335 e. The van der Waals surface area contributed by atoms with Gasteiger partial charge in [0.05, 0.1) is 5.56 Å². The Balaban J connectivity index is 1.26. The van der Waals surface area contributed by atoms with Crippen LogP contribution in [0.5, 0.6) is 0 Å². The first kappa shape index (κ1) is 37.0. The Labute approximate surface area is 279 Å². The molecule has 0 saturated heterocycles. The van der Waals surface area contributed by atoms with E-state index in [1.165, 1.54) is 108 Å². The molecule has 0 fully saturated rings. The number of anilines is 3. The molecule has 3 aromatic carbocycles. The van der Waals surface area contributed by atoms with E-state index in [2.05, 4.69) is 22.9 Å². The number of hydrogen-bond acceptors (Lipinski definition) is 4. The molecule has 3 rings (SSSR count). The average molecular weight is 642 g/mol. The van der Waals surface area contributed by atoms with Crippen molar-refractivity contribution in [3.8, 4) is 0 Å². The summed E-state index contributed by atoms with van der Waals surface area (Å²) in [5.41, 5.74) is 2.61. The molecule has 0 unspecified atom stereocenters. The lowest BCUT2D eigenvalue weighted by Gasteiger charge is -2.09. The van der Waals surface area contributed by atoms with Gasteiger partial charge in [0, 0.05) is 34.6 Å². The van der Waals surface area contributed by atoms with Gasteiger partial charge in [-0.2, -0.15) is 0 Å². The van der Waals surface area contributed by atoms with Crippen molar-refractivity contribution in [1.29, 1.82) is 0 Å². The SMILES string of the molecule is CCCCCCCCCCCCCCCCCC(=O)Nc1ccc(C(=O)Nc2ccc(C(=O)Nc3ccc(C(=O)O)cc3)cc2)cc1. The fraction of sp³-hybridized carbons (Fsp3) is 0.436. The minimum atomic E-state index is -1.04. The number of hydrogen-bond donors (Lipinski definition) is 4. The molecule has 0 radical (unpaired) electrons. The van der Waals surface area contributed by atoms with Crippen molar-refractivity contribution in [3.63, 3.8) is 0 Å². The van der Waals surface area contributed by atoms with E-state index in [-0.39, 0.29) is 23.3 Å². The maximum absolute atomic E-state index is 12.7. The summed E-state index contributed by atoms with van der Waals surface area (Å²) in [6.07, 6.45) is 19.9. The van der Waals surface area contributed by atoms with Crippen molar-refractivity contribution in [3.05, 3.63) is 89.5 Å². The number of nitrogens with one attached hydrogen (secondary N) is 3. The highest BCUT2D eigenvalue weighted by atomic mass is 16.4. The molecule has 3 aromatic rings.